The van der Waals surface area contributed by atoms with Gasteiger partial charge in [-0.05, 0) is 35.2 Å². The first-order chi connectivity index (χ1) is 10.8. The summed E-state index contributed by atoms with van der Waals surface area (Å²) in [4.78, 5) is 25.8. The molecule has 3 rings (SSSR count). The number of nitrogens with one attached hydrogen (secondary N) is 1. The van der Waals surface area contributed by atoms with Crippen LogP contribution in [0.25, 0.3) is 11.1 Å². The number of H-pyrrole nitrogens is 1. The van der Waals surface area contributed by atoms with E-state index in [2.05, 4.69) is 25.8 Å². The van der Waals surface area contributed by atoms with E-state index in [0.29, 0.717) is 22.4 Å². The van der Waals surface area contributed by atoms with Crippen LogP contribution in [-0.2, 0) is 5.41 Å². The highest BCUT2D eigenvalue weighted by Gasteiger charge is 2.15. The van der Waals surface area contributed by atoms with Crippen LogP contribution in [0.4, 0.5) is 0 Å². The molecule has 0 saturated carbocycles. The van der Waals surface area contributed by atoms with E-state index < -0.39 is 11.7 Å². The summed E-state index contributed by atoms with van der Waals surface area (Å²) in [6, 6.07) is 12.1. The van der Waals surface area contributed by atoms with Crippen molar-refractivity contribution in [1.29, 1.82) is 0 Å². The molecule has 5 heteroatoms. The Bertz CT molecular complexity index is 911. The molecule has 1 aromatic heterocycles. The summed E-state index contributed by atoms with van der Waals surface area (Å²) in [6.45, 7) is 6.33. The molecule has 5 nitrogen and oxygen atoms in total. The average Bonchev–Trinajstić information content (AvgIpc) is 2.86. The third-order valence-corrected chi connectivity index (χ3v) is 3.59. The highest BCUT2D eigenvalue weighted by molar-refractivity contribution is 5.91. The van der Waals surface area contributed by atoms with Gasteiger partial charge in [0.15, 0.2) is 5.58 Å². The first-order valence-corrected chi connectivity index (χ1v) is 7.28. The van der Waals surface area contributed by atoms with Crippen molar-refractivity contribution in [2.24, 2.45) is 0 Å². The molecule has 0 spiro atoms. The van der Waals surface area contributed by atoms with E-state index in [9.17, 15) is 9.59 Å². The Morgan fingerprint density at radius 2 is 1.78 bits per heavy atom. The summed E-state index contributed by atoms with van der Waals surface area (Å²) in [5.74, 6) is -0.672. The Hall–Kier alpha value is -2.82. The highest BCUT2D eigenvalue weighted by Crippen LogP contribution is 2.23. The van der Waals surface area contributed by atoms with Gasteiger partial charge < -0.3 is 9.15 Å². The van der Waals surface area contributed by atoms with Gasteiger partial charge in [-0.15, -0.1) is 0 Å². The van der Waals surface area contributed by atoms with Gasteiger partial charge in [0.25, 0.3) is 0 Å². The second kappa shape index (κ2) is 5.43. The summed E-state index contributed by atoms with van der Waals surface area (Å²) in [6.07, 6.45) is 0. The van der Waals surface area contributed by atoms with Gasteiger partial charge in [0, 0.05) is 6.07 Å². The number of hydrogen-bond donors (Lipinski definition) is 1. The van der Waals surface area contributed by atoms with Gasteiger partial charge in [0.2, 0.25) is 0 Å². The number of oxazole rings is 1. The number of fused-ring (bicyclic) bond motifs is 1. The molecule has 2 aromatic carbocycles. The zero-order valence-electron chi connectivity index (χ0n) is 13.2. The number of aromatic nitrogens is 1. The molecule has 0 fully saturated rings. The van der Waals surface area contributed by atoms with Crippen LogP contribution in [0.1, 0.15) is 36.7 Å². The second-order valence-electron chi connectivity index (χ2n) is 6.39. The van der Waals surface area contributed by atoms with Gasteiger partial charge in [-0.3, -0.25) is 4.98 Å². The van der Waals surface area contributed by atoms with Crippen LogP contribution in [0.5, 0.6) is 5.75 Å². The minimum absolute atomic E-state index is 0.0271. The molecule has 3 aromatic rings. The minimum atomic E-state index is -0.541. The SMILES string of the molecule is CC(C)(C)c1ccc(C(=O)Oc2ccc3[nH]c(=O)oc3c2)cc1. The lowest BCUT2D eigenvalue weighted by molar-refractivity contribution is 0.0735. The molecule has 23 heavy (non-hydrogen) atoms. The number of esters is 1. The standard InChI is InChI=1S/C18H17NO4/c1-18(2,3)12-6-4-11(5-7-12)16(20)22-13-8-9-14-15(10-13)23-17(21)19-14/h4-10H,1-3H3,(H,19,21). The molecule has 0 bridgehead atoms. The zero-order valence-corrected chi connectivity index (χ0v) is 13.2. The smallest absolute Gasteiger partial charge is 0.417 e. The fourth-order valence-electron chi connectivity index (χ4n) is 2.26. The number of carbonyl (C=O) groups excluding carboxylic acids is 1. The fraction of sp³-hybridized carbons (Fsp3) is 0.222. The van der Waals surface area contributed by atoms with Crippen LogP contribution in [0.15, 0.2) is 51.7 Å². The molecule has 1 heterocycles. The number of benzene rings is 2. The average molecular weight is 311 g/mol. The maximum absolute atomic E-state index is 12.2. The summed E-state index contributed by atoms with van der Waals surface area (Å²) < 4.78 is 10.3. The van der Waals surface area contributed by atoms with E-state index >= 15 is 0 Å². The van der Waals surface area contributed by atoms with Crippen molar-refractivity contribution in [3.05, 3.63) is 64.1 Å². The molecular formula is C18H17NO4. The number of aromatic amines is 1. The van der Waals surface area contributed by atoms with Crippen molar-refractivity contribution < 1.29 is 13.9 Å². The van der Waals surface area contributed by atoms with Gasteiger partial charge in [0.05, 0.1) is 11.1 Å². The maximum Gasteiger partial charge on any atom is 0.417 e. The van der Waals surface area contributed by atoms with Crippen LogP contribution in [0.2, 0.25) is 0 Å². The van der Waals surface area contributed by atoms with Gasteiger partial charge in [-0.1, -0.05) is 32.9 Å². The molecule has 0 radical (unpaired) electrons. The Morgan fingerprint density at radius 1 is 1.09 bits per heavy atom. The van der Waals surface area contributed by atoms with Crippen molar-refractivity contribution in [3.63, 3.8) is 0 Å². The van der Waals surface area contributed by atoms with E-state index in [1.165, 1.54) is 6.07 Å². The van der Waals surface area contributed by atoms with Crippen LogP contribution in [0.3, 0.4) is 0 Å². The Morgan fingerprint density at radius 3 is 2.43 bits per heavy atom. The molecule has 1 N–H and O–H groups in total. The third-order valence-electron chi connectivity index (χ3n) is 3.59. The van der Waals surface area contributed by atoms with Gasteiger partial charge >= 0.3 is 11.7 Å². The van der Waals surface area contributed by atoms with E-state index in [-0.39, 0.29) is 5.41 Å². The van der Waals surface area contributed by atoms with E-state index in [0.717, 1.165) is 5.56 Å². The summed E-state index contributed by atoms with van der Waals surface area (Å²) in [5, 5.41) is 0. The van der Waals surface area contributed by atoms with Crippen molar-refractivity contribution in [2.45, 2.75) is 26.2 Å². The van der Waals surface area contributed by atoms with Gasteiger partial charge in [-0.2, -0.15) is 0 Å². The van der Waals surface area contributed by atoms with Crippen molar-refractivity contribution >= 4 is 17.1 Å². The quantitative estimate of drug-likeness (QED) is 0.579. The largest absolute Gasteiger partial charge is 0.423 e. The van der Waals surface area contributed by atoms with Crippen molar-refractivity contribution in [1.82, 2.24) is 4.98 Å². The number of hydrogen-bond acceptors (Lipinski definition) is 4. The lowest BCUT2D eigenvalue weighted by atomic mass is 9.87. The Kier molecular flexibility index (Phi) is 3.56. The Balaban J connectivity index is 1.81. The van der Waals surface area contributed by atoms with Gasteiger partial charge in [0.1, 0.15) is 5.75 Å². The van der Waals surface area contributed by atoms with E-state index in [1.54, 1.807) is 24.3 Å². The molecule has 118 valence electrons. The number of rotatable bonds is 2. The predicted octanol–water partition coefficient (Wildman–Crippen LogP) is 3.64. The predicted molar refractivity (Wildman–Crippen MR) is 86.9 cm³/mol. The minimum Gasteiger partial charge on any atom is -0.423 e. The third kappa shape index (κ3) is 3.18. The van der Waals surface area contributed by atoms with Gasteiger partial charge in [-0.25, -0.2) is 9.59 Å². The molecule has 0 aliphatic rings. The van der Waals surface area contributed by atoms with Crippen LogP contribution >= 0.6 is 0 Å². The zero-order chi connectivity index (χ0) is 16.6. The second-order valence-corrected chi connectivity index (χ2v) is 6.39. The number of carbonyl (C=O) groups is 1. The molecule has 0 unspecified atom stereocenters. The fourth-order valence-corrected chi connectivity index (χ4v) is 2.26. The van der Waals surface area contributed by atoms with Crippen LogP contribution in [0, 0.1) is 0 Å². The van der Waals surface area contributed by atoms with Crippen LogP contribution < -0.4 is 10.5 Å². The molecule has 0 aliphatic carbocycles. The van der Waals surface area contributed by atoms with E-state index in [4.69, 9.17) is 9.15 Å². The topological polar surface area (TPSA) is 72.3 Å². The normalized spacial score (nSPS) is 11.6. The maximum atomic E-state index is 12.2. The van der Waals surface area contributed by atoms with E-state index in [1.807, 2.05) is 12.1 Å². The first kappa shape index (κ1) is 15.1. The molecule has 0 aliphatic heterocycles. The van der Waals surface area contributed by atoms with Crippen molar-refractivity contribution in [2.75, 3.05) is 0 Å². The lowest BCUT2D eigenvalue weighted by Crippen LogP contribution is -2.12. The first-order valence-electron chi connectivity index (χ1n) is 7.28. The summed E-state index contributed by atoms with van der Waals surface area (Å²) >= 11 is 0. The summed E-state index contributed by atoms with van der Waals surface area (Å²) in [7, 11) is 0. The highest BCUT2D eigenvalue weighted by atomic mass is 16.5. The monoisotopic (exact) mass is 311 g/mol. The Labute approximate surface area is 132 Å². The van der Waals surface area contributed by atoms with Crippen LogP contribution in [-0.4, -0.2) is 11.0 Å². The molecule has 0 atom stereocenters. The lowest BCUT2D eigenvalue weighted by Gasteiger charge is -2.18. The molecule has 0 saturated heterocycles. The molecule has 0 amide bonds. The number of ether oxygens (including phenoxy) is 1. The molecular weight excluding hydrogens is 294 g/mol. The summed E-state index contributed by atoms with van der Waals surface area (Å²) in [5.41, 5.74) is 2.55. The van der Waals surface area contributed by atoms with Crippen molar-refractivity contribution in [3.8, 4) is 5.75 Å².